The van der Waals surface area contributed by atoms with Gasteiger partial charge in [0.25, 0.3) is 0 Å². The number of rotatable bonds is 7. The summed E-state index contributed by atoms with van der Waals surface area (Å²) in [6, 6.07) is 0.538. The fourth-order valence-corrected chi connectivity index (χ4v) is 2.92. The van der Waals surface area contributed by atoms with Gasteiger partial charge in [0.2, 0.25) is 0 Å². The minimum absolute atomic E-state index is 0.538. The van der Waals surface area contributed by atoms with Crippen LogP contribution in [0.5, 0.6) is 0 Å². The highest BCUT2D eigenvalue weighted by atomic mass is 16.5. The summed E-state index contributed by atoms with van der Waals surface area (Å²) in [7, 11) is 1.85. The van der Waals surface area contributed by atoms with Gasteiger partial charge in [-0.2, -0.15) is 0 Å². The van der Waals surface area contributed by atoms with Gasteiger partial charge in [0, 0.05) is 39.3 Å². The molecule has 0 spiro atoms. The van der Waals surface area contributed by atoms with Crippen molar-refractivity contribution in [3.8, 4) is 0 Å². The Bertz CT molecular complexity index is 322. The molecule has 0 amide bonds. The second-order valence-corrected chi connectivity index (χ2v) is 6.57. The quantitative estimate of drug-likeness (QED) is 0.549. The maximum absolute atomic E-state index is 5.46. The number of aliphatic imine (C=N–C) groups is 1. The van der Waals surface area contributed by atoms with Crippen molar-refractivity contribution in [1.29, 1.82) is 0 Å². The van der Waals surface area contributed by atoms with Gasteiger partial charge in [-0.1, -0.05) is 26.7 Å². The number of ether oxygens (including phenoxy) is 1. The lowest BCUT2D eigenvalue weighted by Gasteiger charge is -2.37. The molecule has 5 heteroatoms. The average molecular weight is 296 g/mol. The van der Waals surface area contributed by atoms with E-state index in [1.54, 1.807) is 0 Å². The summed E-state index contributed by atoms with van der Waals surface area (Å²) in [5.74, 6) is 2.53. The van der Waals surface area contributed by atoms with Crippen molar-refractivity contribution in [2.24, 2.45) is 16.8 Å². The molecule has 0 bridgehead atoms. The maximum Gasteiger partial charge on any atom is 0.191 e. The minimum Gasteiger partial charge on any atom is -0.379 e. The molecule has 0 aromatic rings. The topological polar surface area (TPSA) is 48.9 Å². The number of hydrogen-bond donors (Lipinski definition) is 2. The van der Waals surface area contributed by atoms with Crippen LogP contribution in [0.4, 0.5) is 0 Å². The SMILES string of the molecule is CN=C(NCCC1CC1)NCC(C(C)C)N1CCOCC1. The van der Waals surface area contributed by atoms with E-state index < -0.39 is 0 Å². The summed E-state index contributed by atoms with van der Waals surface area (Å²) in [4.78, 5) is 6.87. The molecule has 0 aromatic heterocycles. The Balaban J connectivity index is 1.72. The molecule has 0 radical (unpaired) electrons. The fraction of sp³-hybridized carbons (Fsp3) is 0.938. The number of hydrogen-bond acceptors (Lipinski definition) is 3. The van der Waals surface area contributed by atoms with E-state index in [1.807, 2.05) is 7.05 Å². The Morgan fingerprint density at radius 1 is 1.24 bits per heavy atom. The first kappa shape index (κ1) is 16.6. The van der Waals surface area contributed by atoms with Crippen LogP contribution >= 0.6 is 0 Å². The maximum atomic E-state index is 5.46. The lowest BCUT2D eigenvalue weighted by molar-refractivity contribution is 0.00752. The molecule has 1 saturated carbocycles. The van der Waals surface area contributed by atoms with Crippen LogP contribution in [0.25, 0.3) is 0 Å². The van der Waals surface area contributed by atoms with Crippen LogP contribution in [0, 0.1) is 11.8 Å². The highest BCUT2D eigenvalue weighted by molar-refractivity contribution is 5.79. The second kappa shape index (κ2) is 8.59. The van der Waals surface area contributed by atoms with Crippen molar-refractivity contribution in [3.05, 3.63) is 0 Å². The largest absolute Gasteiger partial charge is 0.379 e. The van der Waals surface area contributed by atoms with E-state index in [-0.39, 0.29) is 0 Å². The third-order valence-corrected chi connectivity index (χ3v) is 4.53. The van der Waals surface area contributed by atoms with Crippen molar-refractivity contribution in [2.45, 2.75) is 39.2 Å². The molecular formula is C16H32N4O. The summed E-state index contributed by atoms with van der Waals surface area (Å²) in [5, 5.41) is 6.93. The molecule has 2 aliphatic rings. The highest BCUT2D eigenvalue weighted by Gasteiger charge is 2.24. The van der Waals surface area contributed by atoms with Crippen molar-refractivity contribution < 1.29 is 4.74 Å². The molecule has 21 heavy (non-hydrogen) atoms. The van der Waals surface area contributed by atoms with Gasteiger partial charge in [-0.25, -0.2) is 0 Å². The molecule has 122 valence electrons. The van der Waals surface area contributed by atoms with Gasteiger partial charge in [-0.3, -0.25) is 9.89 Å². The summed E-state index contributed by atoms with van der Waals surface area (Å²) in [6.07, 6.45) is 4.11. The first-order valence-corrected chi connectivity index (χ1v) is 8.47. The average Bonchev–Trinajstić information content (AvgIpc) is 3.30. The van der Waals surface area contributed by atoms with Gasteiger partial charge >= 0.3 is 0 Å². The van der Waals surface area contributed by atoms with Crippen LogP contribution in [0.1, 0.15) is 33.1 Å². The lowest BCUT2D eigenvalue weighted by Crippen LogP contribution is -2.52. The molecule has 2 N–H and O–H groups in total. The van der Waals surface area contributed by atoms with Gasteiger partial charge in [-0.15, -0.1) is 0 Å². The molecular weight excluding hydrogens is 264 g/mol. The number of nitrogens with zero attached hydrogens (tertiary/aromatic N) is 2. The van der Waals surface area contributed by atoms with E-state index in [1.165, 1.54) is 19.3 Å². The third kappa shape index (κ3) is 5.83. The molecule has 1 aliphatic carbocycles. The van der Waals surface area contributed by atoms with E-state index in [2.05, 4.69) is 34.4 Å². The highest BCUT2D eigenvalue weighted by Crippen LogP contribution is 2.31. The molecule has 1 heterocycles. The molecule has 2 rings (SSSR count). The predicted molar refractivity (Wildman–Crippen MR) is 87.7 cm³/mol. The normalized spacial score (nSPS) is 22.4. The van der Waals surface area contributed by atoms with Crippen LogP contribution in [0.3, 0.4) is 0 Å². The van der Waals surface area contributed by atoms with E-state index in [4.69, 9.17) is 4.74 Å². The molecule has 0 aromatic carbocycles. The van der Waals surface area contributed by atoms with Crippen molar-refractivity contribution >= 4 is 5.96 Å². The molecule has 2 fully saturated rings. The van der Waals surface area contributed by atoms with Crippen molar-refractivity contribution in [3.63, 3.8) is 0 Å². The summed E-state index contributed by atoms with van der Waals surface area (Å²) in [6.45, 7) is 10.4. The standard InChI is InChI=1S/C16H32N4O/c1-13(2)15(20-8-10-21-11-9-20)12-19-16(17-3)18-7-6-14-4-5-14/h13-15H,4-12H2,1-3H3,(H2,17,18,19). The monoisotopic (exact) mass is 296 g/mol. The van der Waals surface area contributed by atoms with Crippen LogP contribution < -0.4 is 10.6 Å². The number of morpholine rings is 1. The first-order valence-electron chi connectivity index (χ1n) is 8.47. The summed E-state index contributed by atoms with van der Waals surface area (Å²) < 4.78 is 5.46. The zero-order chi connectivity index (χ0) is 15.1. The molecule has 5 nitrogen and oxygen atoms in total. The van der Waals surface area contributed by atoms with Gasteiger partial charge in [-0.05, 0) is 18.3 Å². The van der Waals surface area contributed by atoms with Gasteiger partial charge in [0.05, 0.1) is 13.2 Å². The lowest BCUT2D eigenvalue weighted by atomic mass is 10.0. The fourth-order valence-electron chi connectivity index (χ4n) is 2.92. The van der Waals surface area contributed by atoms with E-state index in [0.717, 1.165) is 51.3 Å². The Morgan fingerprint density at radius 3 is 2.52 bits per heavy atom. The van der Waals surface area contributed by atoms with Crippen molar-refractivity contribution in [1.82, 2.24) is 15.5 Å². The Labute approximate surface area is 129 Å². The minimum atomic E-state index is 0.538. The summed E-state index contributed by atoms with van der Waals surface area (Å²) in [5.41, 5.74) is 0. The van der Waals surface area contributed by atoms with Gasteiger partial charge < -0.3 is 15.4 Å². The Morgan fingerprint density at radius 2 is 1.95 bits per heavy atom. The molecule has 1 unspecified atom stereocenters. The summed E-state index contributed by atoms with van der Waals surface area (Å²) >= 11 is 0. The van der Waals surface area contributed by atoms with Crippen LogP contribution in [-0.2, 0) is 4.74 Å². The van der Waals surface area contributed by atoms with Crippen LogP contribution in [-0.4, -0.2) is 63.3 Å². The number of guanidine groups is 1. The van der Waals surface area contributed by atoms with E-state index in [9.17, 15) is 0 Å². The molecule has 1 saturated heterocycles. The van der Waals surface area contributed by atoms with Gasteiger partial charge in [0.1, 0.15) is 0 Å². The predicted octanol–water partition coefficient (Wildman–Crippen LogP) is 1.31. The molecule has 1 aliphatic heterocycles. The third-order valence-electron chi connectivity index (χ3n) is 4.53. The zero-order valence-corrected chi connectivity index (χ0v) is 13.9. The van der Waals surface area contributed by atoms with Crippen molar-refractivity contribution in [2.75, 3.05) is 46.4 Å². The number of nitrogens with one attached hydrogen (secondary N) is 2. The zero-order valence-electron chi connectivity index (χ0n) is 13.9. The molecule has 1 atom stereocenters. The Kier molecular flexibility index (Phi) is 6.77. The van der Waals surface area contributed by atoms with Crippen LogP contribution in [0.15, 0.2) is 4.99 Å². The Hall–Kier alpha value is -0.810. The first-order chi connectivity index (χ1) is 10.2. The van der Waals surface area contributed by atoms with Gasteiger partial charge in [0.15, 0.2) is 5.96 Å². The second-order valence-electron chi connectivity index (χ2n) is 6.57. The van der Waals surface area contributed by atoms with E-state index in [0.29, 0.717) is 12.0 Å². The smallest absolute Gasteiger partial charge is 0.191 e. The van der Waals surface area contributed by atoms with Crippen LogP contribution in [0.2, 0.25) is 0 Å². The van der Waals surface area contributed by atoms with E-state index >= 15 is 0 Å².